The fourth-order valence-corrected chi connectivity index (χ4v) is 7.55. The average molecular weight is 610 g/mol. The predicted molar refractivity (Wildman–Crippen MR) is 156 cm³/mol. The Balaban J connectivity index is 1.97. The third kappa shape index (κ3) is 6.99. The van der Waals surface area contributed by atoms with Gasteiger partial charge in [-0.3, -0.25) is 4.79 Å². The summed E-state index contributed by atoms with van der Waals surface area (Å²) in [6.07, 6.45) is 1.37. The van der Waals surface area contributed by atoms with Crippen LogP contribution in [0.1, 0.15) is 106 Å². The van der Waals surface area contributed by atoms with Crippen LogP contribution in [-0.2, 0) is 37.9 Å². The largest absolute Gasteiger partial charge is 0.411 e. The number of thiazole rings is 1. The van der Waals surface area contributed by atoms with E-state index >= 15 is 4.39 Å². The second-order valence-corrected chi connectivity index (χ2v) is 20.5. The molecule has 1 amide bonds. The third-order valence-electron chi connectivity index (χ3n) is 7.55. The van der Waals surface area contributed by atoms with E-state index in [0.717, 1.165) is 29.7 Å². The van der Waals surface area contributed by atoms with E-state index in [2.05, 4.69) is 30.5 Å². The van der Waals surface area contributed by atoms with Gasteiger partial charge in [-0.05, 0) is 79.4 Å². The highest BCUT2D eigenvalue weighted by molar-refractivity contribution is 7.92. The molecule has 0 aliphatic heterocycles. The van der Waals surface area contributed by atoms with E-state index < -0.39 is 35.7 Å². The smallest absolute Gasteiger partial charge is 0.275 e. The number of carbonyl (C=O) groups excluding carboxylic acids is 1. The first-order valence-corrected chi connectivity index (χ1v) is 18.6. The molecule has 1 aliphatic rings. The summed E-state index contributed by atoms with van der Waals surface area (Å²) in [7, 11) is -6.66. The maximum atomic E-state index is 15.2. The van der Waals surface area contributed by atoms with Crippen molar-refractivity contribution in [3.8, 4) is 6.07 Å². The maximum Gasteiger partial charge on any atom is 0.275 e. The van der Waals surface area contributed by atoms with E-state index in [0.29, 0.717) is 5.56 Å². The van der Waals surface area contributed by atoms with Gasteiger partial charge < -0.3 is 9.53 Å². The van der Waals surface area contributed by atoms with Gasteiger partial charge in [-0.1, -0.05) is 34.6 Å². The van der Waals surface area contributed by atoms with Crippen LogP contribution >= 0.6 is 11.3 Å². The third-order valence-corrected chi connectivity index (χ3v) is 15.4. The highest BCUT2D eigenvalue weighted by atomic mass is 32.2. The molecule has 2 N–H and O–H groups in total. The molecule has 0 bridgehead atoms. The lowest BCUT2D eigenvalue weighted by Gasteiger charge is -2.36. The van der Waals surface area contributed by atoms with Crippen LogP contribution in [-0.4, -0.2) is 32.7 Å². The summed E-state index contributed by atoms with van der Waals surface area (Å²) in [6.45, 7) is 16.7. The summed E-state index contributed by atoms with van der Waals surface area (Å²) < 4.78 is 50.4. The minimum Gasteiger partial charge on any atom is -0.411 e. The monoisotopic (exact) mass is 609 g/mol. The molecule has 12 heteroatoms. The number of sulfonamides is 1. The van der Waals surface area contributed by atoms with E-state index in [1.807, 2.05) is 19.2 Å². The summed E-state index contributed by atoms with van der Waals surface area (Å²) >= 11 is 0.789. The summed E-state index contributed by atoms with van der Waals surface area (Å²) in [5, 5.41) is 20.0. The SMILES string of the molecule is CC(C)c1c(F)c(C#N)cc(C2CC2)c1CC(=O)NS(=O)(=O)c1sc(C(C)(C)O)nc1CO[Si](C)(C)C(C)(C)C. The van der Waals surface area contributed by atoms with E-state index in [4.69, 9.17) is 4.43 Å². The van der Waals surface area contributed by atoms with Crippen molar-refractivity contribution < 1.29 is 27.1 Å². The first-order chi connectivity index (χ1) is 18.2. The van der Waals surface area contributed by atoms with E-state index in [9.17, 15) is 23.6 Å². The number of carbonyl (C=O) groups is 1. The lowest BCUT2D eigenvalue weighted by atomic mass is 9.87. The Hall–Kier alpha value is -2.17. The molecule has 3 rings (SSSR count). The van der Waals surface area contributed by atoms with Gasteiger partial charge in [-0.25, -0.2) is 22.5 Å². The lowest BCUT2D eigenvalue weighted by Crippen LogP contribution is -2.40. The highest BCUT2D eigenvalue weighted by Crippen LogP contribution is 2.45. The van der Waals surface area contributed by atoms with Crippen LogP contribution in [0.2, 0.25) is 18.1 Å². The maximum absolute atomic E-state index is 15.2. The number of aromatic nitrogens is 1. The molecule has 0 atom stereocenters. The Morgan fingerprint density at radius 1 is 1.30 bits per heavy atom. The van der Waals surface area contributed by atoms with Crippen molar-refractivity contribution in [1.29, 1.82) is 5.26 Å². The number of nitriles is 1. The zero-order valence-electron chi connectivity index (χ0n) is 24.7. The van der Waals surface area contributed by atoms with Crippen molar-refractivity contribution in [2.45, 2.75) is 114 Å². The minimum absolute atomic E-state index is 0.0717. The molecule has 0 radical (unpaired) electrons. The number of amides is 1. The Kier molecular flexibility index (Phi) is 9.09. The summed E-state index contributed by atoms with van der Waals surface area (Å²) in [6, 6.07) is 3.39. The van der Waals surface area contributed by atoms with Gasteiger partial charge in [0, 0.05) is 0 Å². The average Bonchev–Trinajstić information content (AvgIpc) is 3.52. The fraction of sp³-hybridized carbons (Fsp3) is 0.607. The Morgan fingerprint density at radius 2 is 1.90 bits per heavy atom. The van der Waals surface area contributed by atoms with Gasteiger partial charge in [0.2, 0.25) is 5.91 Å². The van der Waals surface area contributed by atoms with Crippen molar-refractivity contribution in [2.75, 3.05) is 0 Å². The number of aliphatic hydroxyl groups is 1. The van der Waals surface area contributed by atoms with Crippen molar-refractivity contribution >= 4 is 35.6 Å². The molecule has 0 spiro atoms. The van der Waals surface area contributed by atoms with E-state index in [1.165, 1.54) is 19.9 Å². The first kappa shape index (κ1) is 32.3. The number of hydrogen-bond acceptors (Lipinski definition) is 8. The summed E-state index contributed by atoms with van der Waals surface area (Å²) in [4.78, 5) is 17.6. The second kappa shape index (κ2) is 11.2. The van der Waals surface area contributed by atoms with Crippen LogP contribution in [0, 0.1) is 17.1 Å². The normalized spacial score (nSPS) is 14.9. The van der Waals surface area contributed by atoms with Crippen LogP contribution in [0.3, 0.4) is 0 Å². The molecule has 0 saturated heterocycles. The summed E-state index contributed by atoms with van der Waals surface area (Å²) in [5.41, 5.74) is 0.0683. The zero-order chi connectivity index (χ0) is 30.4. The number of benzene rings is 1. The van der Waals surface area contributed by atoms with Gasteiger partial charge in [0.15, 0.2) is 12.5 Å². The molecular formula is C28H40FN3O5S2Si. The summed E-state index contributed by atoms with van der Waals surface area (Å²) in [5.74, 6) is -1.70. The standard InChI is InChI=1S/C28H40FN3O5S2Si/c1-16(2)23-20(19(17-10-11-17)12-18(14-30)24(23)29)13-22(33)32-39(35,36)25-21(31-26(38-25)28(6,7)34)15-37-40(8,9)27(3,4)5/h12,16-17,34H,10-11,13,15H2,1-9H3,(H,32,33). The van der Waals surface area contributed by atoms with Crippen molar-refractivity contribution in [3.05, 3.63) is 44.8 Å². The molecule has 8 nitrogen and oxygen atoms in total. The van der Waals surface area contributed by atoms with Gasteiger partial charge in [-0.15, -0.1) is 11.3 Å². The van der Waals surface area contributed by atoms with Gasteiger partial charge in [-0.2, -0.15) is 5.26 Å². The number of rotatable bonds is 10. The Morgan fingerprint density at radius 3 is 2.38 bits per heavy atom. The predicted octanol–water partition coefficient (Wildman–Crippen LogP) is 5.95. The van der Waals surface area contributed by atoms with Crippen molar-refractivity contribution in [3.63, 3.8) is 0 Å². The molecule has 1 fully saturated rings. The molecule has 220 valence electrons. The zero-order valence-corrected chi connectivity index (χ0v) is 27.4. The van der Waals surface area contributed by atoms with Crippen molar-refractivity contribution in [1.82, 2.24) is 9.71 Å². The van der Waals surface area contributed by atoms with Crippen LogP contribution in [0.15, 0.2) is 10.3 Å². The molecule has 1 aliphatic carbocycles. The van der Waals surface area contributed by atoms with Gasteiger partial charge >= 0.3 is 0 Å². The highest BCUT2D eigenvalue weighted by Gasteiger charge is 2.39. The Bertz CT molecular complexity index is 1440. The molecule has 40 heavy (non-hydrogen) atoms. The topological polar surface area (TPSA) is 129 Å². The second-order valence-electron chi connectivity index (χ2n) is 12.8. The van der Waals surface area contributed by atoms with Crippen LogP contribution < -0.4 is 4.72 Å². The number of halogens is 1. The number of nitrogens with one attached hydrogen (secondary N) is 1. The van der Waals surface area contributed by atoms with Crippen LogP contribution in [0.5, 0.6) is 0 Å². The fourth-order valence-electron chi connectivity index (χ4n) is 4.14. The van der Waals surface area contributed by atoms with E-state index in [-0.39, 0.29) is 55.9 Å². The quantitative estimate of drug-likeness (QED) is 0.318. The van der Waals surface area contributed by atoms with Gasteiger partial charge in [0.25, 0.3) is 10.0 Å². The molecular weight excluding hydrogens is 570 g/mol. The Labute approximate surface area is 242 Å². The molecule has 0 unspecified atom stereocenters. The number of hydrogen-bond donors (Lipinski definition) is 2. The van der Waals surface area contributed by atoms with Crippen LogP contribution in [0.25, 0.3) is 0 Å². The molecule has 1 aromatic carbocycles. The lowest BCUT2D eigenvalue weighted by molar-refractivity contribution is -0.118. The molecule has 1 heterocycles. The van der Waals surface area contributed by atoms with Gasteiger partial charge in [0.05, 0.1) is 24.3 Å². The molecule has 2 aromatic rings. The van der Waals surface area contributed by atoms with Gasteiger partial charge in [0.1, 0.15) is 22.5 Å². The molecule has 1 aromatic heterocycles. The first-order valence-electron chi connectivity index (χ1n) is 13.4. The van der Waals surface area contributed by atoms with Crippen molar-refractivity contribution in [2.24, 2.45) is 0 Å². The van der Waals surface area contributed by atoms with E-state index in [1.54, 1.807) is 13.8 Å². The molecule has 1 saturated carbocycles. The minimum atomic E-state index is -4.39. The number of nitrogens with zero attached hydrogens (tertiary/aromatic N) is 2. The van der Waals surface area contributed by atoms with Crippen LogP contribution in [0.4, 0.5) is 4.39 Å².